The van der Waals surface area contributed by atoms with Gasteiger partial charge in [0.15, 0.2) is 0 Å². The van der Waals surface area contributed by atoms with Gasteiger partial charge in [0.1, 0.15) is 0 Å². The zero-order valence-electron chi connectivity index (χ0n) is 9.72. The second kappa shape index (κ2) is 5.72. The van der Waals surface area contributed by atoms with Gasteiger partial charge in [-0.25, -0.2) is 0 Å². The molecule has 2 N–H and O–H groups in total. The molecule has 0 radical (unpaired) electrons. The molecule has 0 heterocycles. The lowest BCUT2D eigenvalue weighted by Gasteiger charge is -2.40. The van der Waals surface area contributed by atoms with E-state index in [9.17, 15) is 0 Å². The van der Waals surface area contributed by atoms with E-state index in [2.05, 4.69) is 6.92 Å². The molecule has 0 aliphatic heterocycles. The average molecular weight is 199 g/mol. The lowest BCUT2D eigenvalue weighted by molar-refractivity contribution is -0.0604. The van der Waals surface area contributed by atoms with Crippen molar-refractivity contribution < 1.29 is 4.74 Å². The van der Waals surface area contributed by atoms with E-state index in [1.54, 1.807) is 0 Å². The van der Waals surface area contributed by atoms with E-state index < -0.39 is 0 Å². The predicted octanol–water partition coefficient (Wildman–Crippen LogP) is 2.85. The van der Waals surface area contributed by atoms with Crippen LogP contribution in [-0.2, 0) is 4.74 Å². The van der Waals surface area contributed by atoms with Gasteiger partial charge in [0, 0.05) is 13.2 Å². The lowest BCUT2D eigenvalue weighted by Crippen LogP contribution is -2.50. The Labute approximate surface area is 88.2 Å². The van der Waals surface area contributed by atoms with E-state index in [0.29, 0.717) is 0 Å². The highest BCUT2D eigenvalue weighted by molar-refractivity contribution is 4.93. The minimum atomic E-state index is 0.00736. The first-order valence-electron chi connectivity index (χ1n) is 6.06. The van der Waals surface area contributed by atoms with Gasteiger partial charge < -0.3 is 10.5 Å². The molecule has 2 nitrogen and oxygen atoms in total. The molecule has 0 amide bonds. The third-order valence-corrected chi connectivity index (χ3v) is 3.65. The van der Waals surface area contributed by atoms with Gasteiger partial charge in [-0.2, -0.15) is 0 Å². The van der Waals surface area contributed by atoms with Crippen molar-refractivity contribution in [3.63, 3.8) is 0 Å². The first-order chi connectivity index (χ1) is 6.75. The lowest BCUT2D eigenvalue weighted by atomic mass is 9.78. The van der Waals surface area contributed by atoms with Gasteiger partial charge in [0.2, 0.25) is 0 Å². The van der Waals surface area contributed by atoms with Crippen LogP contribution < -0.4 is 5.73 Å². The van der Waals surface area contributed by atoms with Crippen LogP contribution in [0.25, 0.3) is 0 Å². The van der Waals surface area contributed by atoms with Crippen molar-refractivity contribution in [3.8, 4) is 0 Å². The summed E-state index contributed by atoms with van der Waals surface area (Å²) in [6.07, 6.45) is 9.82. The second-order valence-corrected chi connectivity index (χ2v) is 4.58. The molecular formula is C12H25NO. The fourth-order valence-corrected chi connectivity index (χ4v) is 2.56. The number of unbranched alkanes of at least 4 members (excludes halogenated alkanes) is 1. The van der Waals surface area contributed by atoms with E-state index in [-0.39, 0.29) is 11.6 Å². The van der Waals surface area contributed by atoms with Crippen LogP contribution >= 0.6 is 0 Å². The van der Waals surface area contributed by atoms with Gasteiger partial charge in [-0.3, -0.25) is 0 Å². The smallest absolute Gasteiger partial charge is 0.0828 e. The van der Waals surface area contributed by atoms with Crippen molar-refractivity contribution in [2.45, 2.75) is 69.9 Å². The molecule has 1 unspecified atom stereocenters. The number of ether oxygens (including phenoxy) is 1. The number of methoxy groups -OCH3 is 1. The molecule has 14 heavy (non-hydrogen) atoms. The molecule has 1 atom stereocenters. The quantitative estimate of drug-likeness (QED) is 0.739. The van der Waals surface area contributed by atoms with Crippen LogP contribution in [0.15, 0.2) is 0 Å². The van der Waals surface area contributed by atoms with Gasteiger partial charge in [0.05, 0.1) is 5.60 Å². The molecule has 1 aliphatic rings. The number of hydrogen-bond donors (Lipinski definition) is 1. The van der Waals surface area contributed by atoms with Gasteiger partial charge in [-0.1, -0.05) is 39.0 Å². The monoisotopic (exact) mass is 199 g/mol. The molecule has 0 aromatic rings. The summed E-state index contributed by atoms with van der Waals surface area (Å²) in [6, 6.07) is 0.243. The highest BCUT2D eigenvalue weighted by atomic mass is 16.5. The van der Waals surface area contributed by atoms with E-state index in [0.717, 1.165) is 19.3 Å². The van der Waals surface area contributed by atoms with Crippen molar-refractivity contribution in [1.82, 2.24) is 0 Å². The summed E-state index contributed by atoms with van der Waals surface area (Å²) in [5.41, 5.74) is 6.26. The highest BCUT2D eigenvalue weighted by Gasteiger charge is 2.37. The van der Waals surface area contributed by atoms with Crippen LogP contribution in [-0.4, -0.2) is 18.8 Å². The molecule has 84 valence electrons. The SMILES string of the molecule is CCCCC(N)C1(OC)CCCCC1. The third-order valence-electron chi connectivity index (χ3n) is 3.65. The molecule has 0 bridgehead atoms. The Kier molecular flexibility index (Phi) is 4.90. The topological polar surface area (TPSA) is 35.2 Å². The van der Waals surface area contributed by atoms with Crippen molar-refractivity contribution in [1.29, 1.82) is 0 Å². The molecule has 0 aromatic heterocycles. The zero-order chi connectivity index (χ0) is 10.4. The van der Waals surface area contributed by atoms with Crippen molar-refractivity contribution in [3.05, 3.63) is 0 Å². The van der Waals surface area contributed by atoms with Crippen molar-refractivity contribution in [2.75, 3.05) is 7.11 Å². The fourth-order valence-electron chi connectivity index (χ4n) is 2.56. The Morgan fingerprint density at radius 2 is 1.93 bits per heavy atom. The first kappa shape index (κ1) is 12.0. The molecular weight excluding hydrogens is 174 g/mol. The van der Waals surface area contributed by atoms with Crippen LogP contribution in [0.5, 0.6) is 0 Å². The maximum atomic E-state index is 6.26. The maximum Gasteiger partial charge on any atom is 0.0828 e. The number of rotatable bonds is 5. The Hall–Kier alpha value is -0.0800. The average Bonchev–Trinajstić information content (AvgIpc) is 2.26. The van der Waals surface area contributed by atoms with E-state index >= 15 is 0 Å². The molecule has 0 saturated heterocycles. The summed E-state index contributed by atoms with van der Waals surface area (Å²) in [7, 11) is 1.83. The normalized spacial score (nSPS) is 23.4. The summed E-state index contributed by atoms with van der Waals surface area (Å²) in [5.74, 6) is 0. The van der Waals surface area contributed by atoms with Crippen molar-refractivity contribution in [2.24, 2.45) is 5.73 Å². The summed E-state index contributed by atoms with van der Waals surface area (Å²) in [5, 5.41) is 0. The molecule has 1 aliphatic carbocycles. The molecule has 1 fully saturated rings. The van der Waals surface area contributed by atoms with Gasteiger partial charge in [-0.05, 0) is 19.3 Å². The van der Waals surface area contributed by atoms with Crippen LogP contribution in [0.4, 0.5) is 0 Å². The van der Waals surface area contributed by atoms with Gasteiger partial charge in [-0.15, -0.1) is 0 Å². The Morgan fingerprint density at radius 3 is 2.43 bits per heavy atom. The first-order valence-corrected chi connectivity index (χ1v) is 6.06. The number of nitrogens with two attached hydrogens (primary N) is 1. The summed E-state index contributed by atoms with van der Waals surface area (Å²) in [6.45, 7) is 2.22. The Balaban J connectivity index is 2.48. The Morgan fingerprint density at radius 1 is 1.29 bits per heavy atom. The van der Waals surface area contributed by atoms with Crippen LogP contribution in [0.3, 0.4) is 0 Å². The zero-order valence-corrected chi connectivity index (χ0v) is 9.72. The summed E-state index contributed by atoms with van der Waals surface area (Å²) in [4.78, 5) is 0. The summed E-state index contributed by atoms with van der Waals surface area (Å²) < 4.78 is 5.71. The number of hydrogen-bond acceptors (Lipinski definition) is 2. The summed E-state index contributed by atoms with van der Waals surface area (Å²) >= 11 is 0. The maximum absolute atomic E-state index is 6.26. The van der Waals surface area contributed by atoms with Gasteiger partial charge >= 0.3 is 0 Å². The predicted molar refractivity (Wildman–Crippen MR) is 60.3 cm³/mol. The van der Waals surface area contributed by atoms with Crippen LogP contribution in [0.2, 0.25) is 0 Å². The van der Waals surface area contributed by atoms with Gasteiger partial charge in [0.25, 0.3) is 0 Å². The fraction of sp³-hybridized carbons (Fsp3) is 1.00. The molecule has 0 aromatic carbocycles. The van der Waals surface area contributed by atoms with Crippen molar-refractivity contribution >= 4 is 0 Å². The van der Waals surface area contributed by atoms with E-state index in [1.807, 2.05) is 7.11 Å². The molecule has 1 rings (SSSR count). The standard InChI is InChI=1S/C12H25NO/c1-3-4-8-11(13)12(14-2)9-6-5-7-10-12/h11H,3-10,13H2,1-2H3. The largest absolute Gasteiger partial charge is 0.377 e. The molecule has 2 heteroatoms. The molecule has 1 saturated carbocycles. The van der Waals surface area contributed by atoms with Crippen LogP contribution in [0, 0.1) is 0 Å². The Bertz CT molecular complexity index is 152. The van der Waals surface area contributed by atoms with E-state index in [4.69, 9.17) is 10.5 Å². The van der Waals surface area contributed by atoms with E-state index in [1.165, 1.54) is 32.1 Å². The minimum absolute atomic E-state index is 0.00736. The second-order valence-electron chi connectivity index (χ2n) is 4.58. The minimum Gasteiger partial charge on any atom is -0.377 e. The third kappa shape index (κ3) is 2.71. The van der Waals surface area contributed by atoms with Crippen LogP contribution in [0.1, 0.15) is 58.3 Å². The highest BCUT2D eigenvalue weighted by Crippen LogP contribution is 2.34. The molecule has 0 spiro atoms.